The molecule has 0 fully saturated rings. The summed E-state index contributed by atoms with van der Waals surface area (Å²) in [6, 6.07) is 5.64. The SMILES string of the molecule is Cc1nc(Br)nc2cccc(Cl)c12. The number of halogens is 2. The fraction of sp³-hybridized carbons (Fsp3) is 0.111. The van der Waals surface area contributed by atoms with Crippen LogP contribution in [-0.4, -0.2) is 9.97 Å². The first-order valence-electron chi connectivity index (χ1n) is 3.77. The Labute approximate surface area is 89.1 Å². The Kier molecular flexibility index (Phi) is 2.22. The number of fused-ring (bicyclic) bond motifs is 1. The zero-order valence-corrected chi connectivity index (χ0v) is 9.22. The van der Waals surface area contributed by atoms with Crippen LogP contribution in [0.15, 0.2) is 22.9 Å². The van der Waals surface area contributed by atoms with Crippen molar-refractivity contribution in [3.05, 3.63) is 33.6 Å². The lowest BCUT2D eigenvalue weighted by molar-refractivity contribution is 1.10. The van der Waals surface area contributed by atoms with Crippen LogP contribution in [0.3, 0.4) is 0 Å². The molecule has 1 heterocycles. The summed E-state index contributed by atoms with van der Waals surface area (Å²) in [5.74, 6) is 0. The van der Waals surface area contributed by atoms with Gasteiger partial charge in [0, 0.05) is 5.39 Å². The Bertz CT molecular complexity index is 470. The van der Waals surface area contributed by atoms with Crippen molar-refractivity contribution >= 4 is 38.4 Å². The standard InChI is InChI=1S/C9H6BrClN2/c1-5-8-6(11)3-2-4-7(8)13-9(10)12-5/h2-4H,1H3. The molecule has 0 aliphatic heterocycles. The Morgan fingerprint density at radius 3 is 2.85 bits per heavy atom. The summed E-state index contributed by atoms with van der Waals surface area (Å²) in [4.78, 5) is 8.40. The first-order valence-corrected chi connectivity index (χ1v) is 4.94. The van der Waals surface area contributed by atoms with Crippen LogP contribution in [0.5, 0.6) is 0 Å². The summed E-state index contributed by atoms with van der Waals surface area (Å²) in [7, 11) is 0. The highest BCUT2D eigenvalue weighted by Crippen LogP contribution is 2.25. The van der Waals surface area contributed by atoms with Gasteiger partial charge < -0.3 is 0 Å². The number of hydrogen-bond donors (Lipinski definition) is 0. The van der Waals surface area contributed by atoms with Crippen LogP contribution in [0.25, 0.3) is 10.9 Å². The second-order valence-electron chi connectivity index (χ2n) is 2.71. The Hall–Kier alpha value is -0.670. The molecule has 0 saturated heterocycles. The highest BCUT2D eigenvalue weighted by atomic mass is 79.9. The quantitative estimate of drug-likeness (QED) is 0.676. The molecule has 0 spiro atoms. The van der Waals surface area contributed by atoms with Crippen LogP contribution in [0.4, 0.5) is 0 Å². The molecular formula is C9H6BrClN2. The van der Waals surface area contributed by atoms with Gasteiger partial charge in [-0.25, -0.2) is 9.97 Å². The first-order chi connectivity index (χ1) is 6.18. The molecule has 1 aromatic heterocycles. The minimum atomic E-state index is 0.597. The summed E-state index contributed by atoms with van der Waals surface area (Å²) < 4.78 is 0.597. The van der Waals surface area contributed by atoms with E-state index in [1.165, 1.54) is 0 Å². The van der Waals surface area contributed by atoms with E-state index < -0.39 is 0 Å². The fourth-order valence-corrected chi connectivity index (χ4v) is 2.05. The third kappa shape index (κ3) is 1.54. The van der Waals surface area contributed by atoms with E-state index in [2.05, 4.69) is 25.9 Å². The maximum atomic E-state index is 6.02. The van der Waals surface area contributed by atoms with E-state index >= 15 is 0 Å². The van der Waals surface area contributed by atoms with E-state index in [-0.39, 0.29) is 0 Å². The van der Waals surface area contributed by atoms with Gasteiger partial charge in [-0.2, -0.15) is 0 Å². The zero-order chi connectivity index (χ0) is 9.42. The van der Waals surface area contributed by atoms with E-state index in [9.17, 15) is 0 Å². The van der Waals surface area contributed by atoms with Crippen molar-refractivity contribution in [3.63, 3.8) is 0 Å². The molecule has 2 aromatic rings. The molecule has 0 radical (unpaired) electrons. The normalized spacial score (nSPS) is 10.7. The van der Waals surface area contributed by atoms with Crippen molar-refractivity contribution in [1.29, 1.82) is 0 Å². The molecule has 0 unspecified atom stereocenters. The molecule has 0 N–H and O–H groups in total. The van der Waals surface area contributed by atoms with E-state index in [1.807, 2.05) is 25.1 Å². The Morgan fingerprint density at radius 1 is 1.31 bits per heavy atom. The molecule has 4 heteroatoms. The molecule has 2 rings (SSSR count). The molecule has 0 saturated carbocycles. The average molecular weight is 258 g/mol. The number of nitrogens with zero attached hydrogens (tertiary/aromatic N) is 2. The van der Waals surface area contributed by atoms with Crippen LogP contribution in [-0.2, 0) is 0 Å². The van der Waals surface area contributed by atoms with Gasteiger partial charge in [-0.1, -0.05) is 17.7 Å². The van der Waals surface area contributed by atoms with Gasteiger partial charge in [-0.3, -0.25) is 0 Å². The molecule has 2 nitrogen and oxygen atoms in total. The number of hydrogen-bond acceptors (Lipinski definition) is 2. The van der Waals surface area contributed by atoms with Gasteiger partial charge in [-0.05, 0) is 35.0 Å². The third-order valence-corrected chi connectivity index (χ3v) is 2.50. The van der Waals surface area contributed by atoms with Crippen molar-refractivity contribution in [1.82, 2.24) is 9.97 Å². The van der Waals surface area contributed by atoms with Crippen LogP contribution in [0.2, 0.25) is 5.02 Å². The number of rotatable bonds is 0. The predicted octanol–water partition coefficient (Wildman–Crippen LogP) is 3.35. The van der Waals surface area contributed by atoms with Crippen LogP contribution < -0.4 is 0 Å². The summed E-state index contributed by atoms with van der Waals surface area (Å²) in [5, 5.41) is 1.62. The van der Waals surface area contributed by atoms with Crippen molar-refractivity contribution in [2.45, 2.75) is 6.92 Å². The number of aryl methyl sites for hydroxylation is 1. The highest BCUT2D eigenvalue weighted by molar-refractivity contribution is 9.10. The van der Waals surface area contributed by atoms with Crippen molar-refractivity contribution in [3.8, 4) is 0 Å². The zero-order valence-electron chi connectivity index (χ0n) is 6.88. The molecule has 0 aliphatic rings. The molecule has 13 heavy (non-hydrogen) atoms. The molecule has 0 amide bonds. The van der Waals surface area contributed by atoms with Gasteiger partial charge >= 0.3 is 0 Å². The van der Waals surface area contributed by atoms with E-state index in [0.717, 1.165) is 16.6 Å². The summed E-state index contributed by atoms with van der Waals surface area (Å²) in [6.07, 6.45) is 0. The predicted molar refractivity (Wildman–Crippen MR) is 57.0 cm³/mol. The van der Waals surface area contributed by atoms with Gasteiger partial charge in [0.15, 0.2) is 4.73 Å². The molecule has 0 bridgehead atoms. The molecule has 0 atom stereocenters. The topological polar surface area (TPSA) is 25.8 Å². The molecule has 1 aromatic carbocycles. The minimum Gasteiger partial charge on any atom is -0.227 e. The Balaban J connectivity index is 2.94. The van der Waals surface area contributed by atoms with Gasteiger partial charge in [0.2, 0.25) is 0 Å². The highest BCUT2D eigenvalue weighted by Gasteiger charge is 2.05. The Morgan fingerprint density at radius 2 is 2.08 bits per heavy atom. The number of benzene rings is 1. The van der Waals surface area contributed by atoms with Crippen LogP contribution in [0, 0.1) is 6.92 Å². The van der Waals surface area contributed by atoms with Gasteiger partial charge in [0.25, 0.3) is 0 Å². The summed E-state index contributed by atoms with van der Waals surface area (Å²) >= 11 is 9.26. The van der Waals surface area contributed by atoms with E-state index in [0.29, 0.717) is 9.76 Å². The smallest absolute Gasteiger partial charge is 0.197 e. The second kappa shape index (κ2) is 3.24. The van der Waals surface area contributed by atoms with Crippen molar-refractivity contribution in [2.24, 2.45) is 0 Å². The second-order valence-corrected chi connectivity index (χ2v) is 3.83. The third-order valence-electron chi connectivity index (χ3n) is 1.83. The van der Waals surface area contributed by atoms with Gasteiger partial charge in [0.1, 0.15) is 0 Å². The lowest BCUT2D eigenvalue weighted by Gasteiger charge is -2.02. The first kappa shape index (κ1) is 8.91. The van der Waals surface area contributed by atoms with Crippen LogP contribution in [0.1, 0.15) is 5.69 Å². The fourth-order valence-electron chi connectivity index (χ4n) is 1.28. The number of aromatic nitrogens is 2. The monoisotopic (exact) mass is 256 g/mol. The largest absolute Gasteiger partial charge is 0.227 e. The summed E-state index contributed by atoms with van der Waals surface area (Å²) in [6.45, 7) is 1.92. The minimum absolute atomic E-state index is 0.597. The summed E-state index contributed by atoms with van der Waals surface area (Å²) in [5.41, 5.74) is 1.76. The lowest BCUT2D eigenvalue weighted by Crippen LogP contribution is -1.90. The molecular weight excluding hydrogens is 251 g/mol. The lowest BCUT2D eigenvalue weighted by atomic mass is 10.2. The van der Waals surface area contributed by atoms with Crippen LogP contribution >= 0.6 is 27.5 Å². The average Bonchev–Trinajstić information content (AvgIpc) is 2.02. The van der Waals surface area contributed by atoms with Crippen molar-refractivity contribution < 1.29 is 0 Å². The molecule has 66 valence electrons. The van der Waals surface area contributed by atoms with Crippen molar-refractivity contribution in [2.75, 3.05) is 0 Å². The van der Waals surface area contributed by atoms with Gasteiger partial charge in [-0.15, -0.1) is 0 Å². The van der Waals surface area contributed by atoms with Gasteiger partial charge in [0.05, 0.1) is 16.2 Å². The van der Waals surface area contributed by atoms with E-state index in [4.69, 9.17) is 11.6 Å². The maximum Gasteiger partial charge on any atom is 0.197 e. The maximum absolute atomic E-state index is 6.02. The van der Waals surface area contributed by atoms with E-state index in [1.54, 1.807) is 0 Å². The molecule has 0 aliphatic carbocycles.